The predicted octanol–water partition coefficient (Wildman–Crippen LogP) is 5.68. The van der Waals surface area contributed by atoms with Crippen LogP contribution in [0.5, 0.6) is 11.6 Å². The van der Waals surface area contributed by atoms with Crippen molar-refractivity contribution in [2.45, 2.75) is 38.7 Å². The molecular weight excluding hydrogens is 433 g/mol. The maximum Gasteiger partial charge on any atom is 0.310 e. The maximum absolute atomic E-state index is 15.2. The first-order valence-corrected chi connectivity index (χ1v) is 10.6. The normalized spacial score (nSPS) is 16.4. The van der Waals surface area contributed by atoms with Gasteiger partial charge in [-0.25, -0.2) is 18.2 Å². The van der Waals surface area contributed by atoms with E-state index in [-0.39, 0.29) is 17.2 Å². The molecule has 172 valence electrons. The summed E-state index contributed by atoms with van der Waals surface area (Å²) in [7, 11) is 0. The number of nitrogens with zero attached hydrogens (tertiary/aromatic N) is 1. The molecule has 0 amide bonds. The average molecular weight is 456 g/mol. The van der Waals surface area contributed by atoms with Crippen LogP contribution >= 0.6 is 0 Å². The van der Waals surface area contributed by atoms with Crippen molar-refractivity contribution in [3.8, 4) is 11.6 Å². The molecule has 0 aliphatic carbocycles. The lowest BCUT2D eigenvalue weighted by atomic mass is 9.86. The van der Waals surface area contributed by atoms with Gasteiger partial charge in [-0.15, -0.1) is 0 Å². The molecule has 0 radical (unpaired) electrons. The summed E-state index contributed by atoms with van der Waals surface area (Å²) < 4.78 is 48.2. The lowest BCUT2D eigenvalue weighted by Gasteiger charge is -2.29. The summed E-state index contributed by atoms with van der Waals surface area (Å²) >= 11 is 0. The van der Waals surface area contributed by atoms with Crippen LogP contribution in [-0.2, 0) is 11.2 Å². The van der Waals surface area contributed by atoms with Crippen LogP contribution in [-0.4, -0.2) is 22.6 Å². The van der Waals surface area contributed by atoms with Crippen molar-refractivity contribution in [2.24, 2.45) is 0 Å². The van der Waals surface area contributed by atoms with Crippen molar-refractivity contribution in [3.63, 3.8) is 0 Å². The van der Waals surface area contributed by atoms with Crippen molar-refractivity contribution in [1.82, 2.24) is 10.3 Å². The smallest absolute Gasteiger partial charge is 0.310 e. The van der Waals surface area contributed by atoms with Gasteiger partial charge in [0.2, 0.25) is 5.88 Å². The highest BCUT2D eigenvalue weighted by molar-refractivity contribution is 5.75. The van der Waals surface area contributed by atoms with E-state index < -0.39 is 35.7 Å². The minimum atomic E-state index is -3.03. The molecule has 2 N–H and O–H groups in total. The number of benzene rings is 2. The molecule has 33 heavy (non-hydrogen) atoms. The highest BCUT2D eigenvalue weighted by atomic mass is 19.3. The lowest BCUT2D eigenvalue weighted by Crippen LogP contribution is -2.31. The van der Waals surface area contributed by atoms with E-state index in [1.165, 1.54) is 6.07 Å². The second kappa shape index (κ2) is 9.23. The maximum atomic E-state index is 15.2. The molecular formula is C25H23F3N2O3. The van der Waals surface area contributed by atoms with Crippen LogP contribution in [0.15, 0.2) is 48.7 Å². The molecule has 1 aliphatic heterocycles. The van der Waals surface area contributed by atoms with E-state index in [2.05, 4.69) is 10.3 Å². The quantitative estimate of drug-likeness (QED) is 0.499. The fourth-order valence-corrected chi connectivity index (χ4v) is 3.98. The number of halogens is 3. The van der Waals surface area contributed by atoms with Gasteiger partial charge in [-0.3, -0.25) is 4.79 Å². The average Bonchev–Trinajstić information content (AvgIpc) is 2.80. The van der Waals surface area contributed by atoms with E-state index in [0.717, 1.165) is 17.2 Å². The monoisotopic (exact) mass is 456 g/mol. The zero-order chi connectivity index (χ0) is 23.7. The SMILES string of the molecule is Cc1ccc(Oc2cc(C(F)F)c(F)c(C3NCCc4cc(C(C)C(=O)O)ccc43)c2)nc1. The summed E-state index contributed by atoms with van der Waals surface area (Å²) in [5.74, 6) is -2.36. The first-order valence-electron chi connectivity index (χ1n) is 10.6. The van der Waals surface area contributed by atoms with Gasteiger partial charge >= 0.3 is 5.97 Å². The summed E-state index contributed by atoms with van der Waals surface area (Å²) in [5.41, 5.74) is 2.41. The summed E-state index contributed by atoms with van der Waals surface area (Å²) in [4.78, 5) is 15.5. The number of pyridine rings is 1. The van der Waals surface area contributed by atoms with Gasteiger partial charge in [0.1, 0.15) is 11.6 Å². The molecule has 8 heteroatoms. The minimum absolute atomic E-state index is 0.0369. The van der Waals surface area contributed by atoms with Gasteiger partial charge < -0.3 is 15.2 Å². The Morgan fingerprint density at radius 3 is 2.64 bits per heavy atom. The van der Waals surface area contributed by atoms with E-state index in [1.807, 2.05) is 6.92 Å². The Hall–Kier alpha value is -3.39. The van der Waals surface area contributed by atoms with Gasteiger partial charge in [0.15, 0.2) is 0 Å². The molecule has 2 heterocycles. The number of rotatable bonds is 6. The Labute approximate surface area is 189 Å². The lowest BCUT2D eigenvalue weighted by molar-refractivity contribution is -0.138. The second-order valence-electron chi connectivity index (χ2n) is 8.15. The molecule has 2 aromatic carbocycles. The van der Waals surface area contributed by atoms with Crippen LogP contribution in [0.1, 0.15) is 58.7 Å². The number of ether oxygens (including phenoxy) is 1. The Morgan fingerprint density at radius 2 is 1.97 bits per heavy atom. The first-order chi connectivity index (χ1) is 15.7. The number of nitrogens with one attached hydrogen (secondary N) is 1. The van der Waals surface area contributed by atoms with Gasteiger partial charge in [-0.05, 0) is 54.7 Å². The van der Waals surface area contributed by atoms with Crippen LogP contribution < -0.4 is 10.1 Å². The van der Waals surface area contributed by atoms with E-state index >= 15 is 4.39 Å². The third-order valence-electron chi connectivity index (χ3n) is 5.85. The largest absolute Gasteiger partial charge is 0.481 e. The van der Waals surface area contributed by atoms with Crippen LogP contribution in [0.4, 0.5) is 13.2 Å². The standard InChI is InChI=1S/C25H23F3N2O3/c1-13-3-6-21(30-12-13)33-17-10-19(22(26)20(11-17)24(27)28)23-18-5-4-15(14(2)25(31)32)9-16(18)7-8-29-23/h3-6,9-12,14,23-24,29H,7-8H2,1-2H3,(H,31,32). The highest BCUT2D eigenvalue weighted by Crippen LogP contribution is 2.38. The van der Waals surface area contributed by atoms with Crippen molar-refractivity contribution in [1.29, 1.82) is 0 Å². The van der Waals surface area contributed by atoms with Gasteiger partial charge in [0.05, 0.1) is 17.5 Å². The molecule has 0 bridgehead atoms. The minimum Gasteiger partial charge on any atom is -0.481 e. The van der Waals surface area contributed by atoms with E-state index in [1.54, 1.807) is 43.5 Å². The van der Waals surface area contributed by atoms with Crippen LogP contribution in [0, 0.1) is 12.7 Å². The number of hydrogen-bond donors (Lipinski definition) is 2. The molecule has 0 fully saturated rings. The number of carboxylic acids is 1. The fourth-order valence-electron chi connectivity index (χ4n) is 3.98. The molecule has 1 aromatic heterocycles. The number of hydrogen-bond acceptors (Lipinski definition) is 4. The third-order valence-corrected chi connectivity index (χ3v) is 5.85. The number of alkyl halides is 2. The van der Waals surface area contributed by atoms with Crippen molar-refractivity contribution in [3.05, 3.63) is 87.9 Å². The summed E-state index contributed by atoms with van der Waals surface area (Å²) in [6.07, 6.45) is -0.832. The van der Waals surface area contributed by atoms with Gasteiger partial charge in [0, 0.05) is 24.4 Å². The summed E-state index contributed by atoms with van der Waals surface area (Å²) in [6.45, 7) is 3.93. The Bertz CT molecular complexity index is 1180. The van der Waals surface area contributed by atoms with E-state index in [4.69, 9.17) is 4.74 Å². The van der Waals surface area contributed by atoms with Gasteiger partial charge in [0.25, 0.3) is 6.43 Å². The summed E-state index contributed by atoms with van der Waals surface area (Å²) in [6, 6.07) is 10.3. The molecule has 4 rings (SSSR count). The van der Waals surface area contributed by atoms with Crippen molar-refractivity contribution >= 4 is 5.97 Å². The fraction of sp³-hybridized carbons (Fsp3) is 0.280. The molecule has 2 unspecified atom stereocenters. The second-order valence-corrected chi connectivity index (χ2v) is 8.15. The molecule has 0 saturated carbocycles. The Balaban J connectivity index is 1.76. The molecule has 3 aromatic rings. The number of carboxylic acid groups (broad SMARTS) is 1. The van der Waals surface area contributed by atoms with E-state index in [9.17, 15) is 18.7 Å². The zero-order valence-corrected chi connectivity index (χ0v) is 18.1. The van der Waals surface area contributed by atoms with Crippen LogP contribution in [0.3, 0.4) is 0 Å². The topological polar surface area (TPSA) is 71.5 Å². The first kappa shape index (κ1) is 22.8. The number of aliphatic carboxylic acids is 1. The Kier molecular flexibility index (Phi) is 6.37. The van der Waals surface area contributed by atoms with Crippen molar-refractivity contribution in [2.75, 3.05) is 6.54 Å². The Morgan fingerprint density at radius 1 is 1.18 bits per heavy atom. The highest BCUT2D eigenvalue weighted by Gasteiger charge is 2.29. The van der Waals surface area contributed by atoms with Crippen LogP contribution in [0.2, 0.25) is 0 Å². The van der Waals surface area contributed by atoms with Gasteiger partial charge in [-0.2, -0.15) is 0 Å². The number of aromatic nitrogens is 1. The molecule has 5 nitrogen and oxygen atoms in total. The zero-order valence-electron chi connectivity index (χ0n) is 18.1. The molecule has 0 saturated heterocycles. The number of carbonyl (C=O) groups is 1. The number of aryl methyl sites for hydroxylation is 1. The summed E-state index contributed by atoms with van der Waals surface area (Å²) in [5, 5.41) is 12.5. The molecule has 0 spiro atoms. The van der Waals surface area contributed by atoms with Gasteiger partial charge in [-0.1, -0.05) is 24.3 Å². The molecule has 1 aliphatic rings. The third kappa shape index (κ3) is 4.71. The number of fused-ring (bicyclic) bond motifs is 1. The molecule has 2 atom stereocenters. The van der Waals surface area contributed by atoms with Crippen molar-refractivity contribution < 1.29 is 27.8 Å². The van der Waals surface area contributed by atoms with Crippen LogP contribution in [0.25, 0.3) is 0 Å². The predicted molar refractivity (Wildman–Crippen MR) is 116 cm³/mol. The van der Waals surface area contributed by atoms with E-state index in [0.29, 0.717) is 24.1 Å².